The van der Waals surface area contributed by atoms with Gasteiger partial charge in [-0.1, -0.05) is 18.2 Å². The summed E-state index contributed by atoms with van der Waals surface area (Å²) in [6.45, 7) is 0. The molecule has 5 aromatic rings. The fourth-order valence-corrected chi connectivity index (χ4v) is 4.46. The van der Waals surface area contributed by atoms with Gasteiger partial charge in [0.25, 0.3) is 0 Å². The number of hydrogen-bond donors (Lipinski definition) is 1. The third-order valence-electron chi connectivity index (χ3n) is 6.49. The lowest BCUT2D eigenvalue weighted by Gasteiger charge is -2.27. The summed E-state index contributed by atoms with van der Waals surface area (Å²) in [7, 11) is 3.37. The Morgan fingerprint density at radius 2 is 1.94 bits per heavy atom. The highest BCUT2D eigenvalue weighted by Crippen LogP contribution is 2.41. The molecule has 1 aliphatic rings. The SMILES string of the molecule is COc1cccc(-c2cn3nc(-c4nccn4C)nc(NC4CCC4)c3c2-c2ccccn2)c1F. The Morgan fingerprint density at radius 1 is 1.06 bits per heavy atom. The van der Waals surface area contributed by atoms with Gasteiger partial charge in [-0.2, -0.15) is 0 Å². The van der Waals surface area contributed by atoms with Crippen molar-refractivity contribution in [1.82, 2.24) is 29.1 Å². The number of rotatable bonds is 6. The number of pyridine rings is 1. The largest absolute Gasteiger partial charge is 0.494 e. The van der Waals surface area contributed by atoms with Gasteiger partial charge >= 0.3 is 0 Å². The van der Waals surface area contributed by atoms with E-state index in [0.717, 1.165) is 23.9 Å². The van der Waals surface area contributed by atoms with Gasteiger partial charge in [-0.25, -0.2) is 18.9 Å². The van der Waals surface area contributed by atoms with E-state index in [4.69, 9.17) is 14.8 Å². The van der Waals surface area contributed by atoms with Gasteiger partial charge in [-0.05, 0) is 37.5 Å². The molecule has 0 atom stereocenters. The van der Waals surface area contributed by atoms with E-state index >= 15 is 4.39 Å². The van der Waals surface area contributed by atoms with Gasteiger partial charge in [0.1, 0.15) is 5.52 Å². The number of aryl methyl sites for hydroxylation is 1. The number of ether oxygens (including phenoxy) is 1. The van der Waals surface area contributed by atoms with Crippen molar-refractivity contribution in [3.63, 3.8) is 0 Å². The van der Waals surface area contributed by atoms with Gasteiger partial charge in [-0.15, -0.1) is 5.10 Å². The van der Waals surface area contributed by atoms with Gasteiger partial charge in [0.15, 0.2) is 23.2 Å². The van der Waals surface area contributed by atoms with Crippen LogP contribution in [0.3, 0.4) is 0 Å². The zero-order valence-electron chi connectivity index (χ0n) is 19.4. The van der Waals surface area contributed by atoms with Crippen LogP contribution in [-0.2, 0) is 7.05 Å². The summed E-state index contributed by atoms with van der Waals surface area (Å²) in [5, 5.41) is 8.40. The van der Waals surface area contributed by atoms with E-state index < -0.39 is 5.82 Å². The van der Waals surface area contributed by atoms with E-state index in [1.807, 2.05) is 42.2 Å². The smallest absolute Gasteiger partial charge is 0.218 e. The maximum Gasteiger partial charge on any atom is 0.218 e. The summed E-state index contributed by atoms with van der Waals surface area (Å²) >= 11 is 0. The van der Waals surface area contributed by atoms with Crippen molar-refractivity contribution >= 4 is 11.3 Å². The van der Waals surface area contributed by atoms with Crippen molar-refractivity contribution < 1.29 is 9.13 Å². The average Bonchev–Trinajstić information content (AvgIpc) is 3.45. The summed E-state index contributed by atoms with van der Waals surface area (Å²) in [5.74, 6) is 1.54. The Balaban J connectivity index is 1.67. The molecule has 6 rings (SSSR count). The lowest BCUT2D eigenvalue weighted by molar-refractivity contribution is 0.387. The summed E-state index contributed by atoms with van der Waals surface area (Å²) in [4.78, 5) is 13.9. The standard InChI is InChI=1S/C26H24FN7O/c1-33-14-13-29-26(33)25-31-24(30-16-7-5-8-16)23-21(19-10-3-4-12-28-19)18(15-34(23)32-25)17-9-6-11-20(35-2)22(17)27/h3-4,6,9-16H,5,7-8H2,1-2H3,(H,30,31,32). The number of aromatic nitrogens is 6. The predicted octanol–water partition coefficient (Wildman–Crippen LogP) is 4.97. The Morgan fingerprint density at radius 3 is 2.63 bits per heavy atom. The minimum atomic E-state index is -0.436. The van der Waals surface area contributed by atoms with Crippen molar-refractivity contribution in [2.24, 2.45) is 7.05 Å². The maximum absolute atomic E-state index is 15.5. The second kappa shape index (κ2) is 8.50. The zero-order chi connectivity index (χ0) is 23.9. The fourth-order valence-electron chi connectivity index (χ4n) is 4.46. The molecule has 0 amide bonds. The highest BCUT2D eigenvalue weighted by molar-refractivity contribution is 5.98. The van der Waals surface area contributed by atoms with Crippen LogP contribution in [0.2, 0.25) is 0 Å². The molecule has 8 nitrogen and oxygen atoms in total. The first-order chi connectivity index (χ1) is 17.1. The van der Waals surface area contributed by atoms with Crippen molar-refractivity contribution in [2.75, 3.05) is 12.4 Å². The second-order valence-corrected chi connectivity index (χ2v) is 8.67. The first-order valence-corrected chi connectivity index (χ1v) is 11.6. The molecule has 4 aromatic heterocycles. The molecule has 9 heteroatoms. The Bertz CT molecular complexity index is 1520. The number of halogens is 1. The molecular weight excluding hydrogens is 445 g/mol. The monoisotopic (exact) mass is 469 g/mol. The fraction of sp³-hybridized carbons (Fsp3) is 0.231. The summed E-state index contributed by atoms with van der Waals surface area (Å²) < 4.78 is 24.4. The highest BCUT2D eigenvalue weighted by Gasteiger charge is 2.26. The number of anilines is 1. The van der Waals surface area contributed by atoms with Crippen LogP contribution in [-0.4, -0.2) is 42.3 Å². The van der Waals surface area contributed by atoms with Crippen LogP contribution < -0.4 is 10.1 Å². The van der Waals surface area contributed by atoms with Crippen molar-refractivity contribution in [3.8, 4) is 39.8 Å². The quantitative estimate of drug-likeness (QED) is 0.378. The van der Waals surface area contributed by atoms with Crippen LogP contribution in [0.1, 0.15) is 19.3 Å². The van der Waals surface area contributed by atoms with Crippen molar-refractivity contribution in [2.45, 2.75) is 25.3 Å². The first kappa shape index (κ1) is 21.3. The number of imidazole rings is 1. The number of hydrogen-bond acceptors (Lipinski definition) is 6. The van der Waals surface area contributed by atoms with E-state index in [1.54, 1.807) is 35.1 Å². The summed E-state index contributed by atoms with van der Waals surface area (Å²) in [6.07, 6.45) is 10.5. The number of methoxy groups -OCH3 is 1. The molecule has 4 heterocycles. The molecule has 0 aliphatic heterocycles. The summed E-state index contributed by atoms with van der Waals surface area (Å²) in [6, 6.07) is 11.1. The van der Waals surface area contributed by atoms with Gasteiger partial charge in [0.05, 0.1) is 12.8 Å². The van der Waals surface area contributed by atoms with Crippen LogP contribution in [0.4, 0.5) is 10.2 Å². The molecule has 1 aromatic carbocycles. The van der Waals surface area contributed by atoms with Crippen LogP contribution in [0.25, 0.3) is 39.5 Å². The topological polar surface area (TPSA) is 82.2 Å². The third-order valence-corrected chi connectivity index (χ3v) is 6.49. The third kappa shape index (κ3) is 3.60. The average molecular weight is 470 g/mol. The van der Waals surface area contributed by atoms with Gasteiger partial charge < -0.3 is 14.6 Å². The highest BCUT2D eigenvalue weighted by atomic mass is 19.1. The predicted molar refractivity (Wildman–Crippen MR) is 132 cm³/mol. The van der Waals surface area contributed by atoms with Crippen molar-refractivity contribution in [1.29, 1.82) is 0 Å². The van der Waals surface area contributed by atoms with E-state index in [-0.39, 0.29) is 5.75 Å². The van der Waals surface area contributed by atoms with E-state index in [9.17, 15) is 0 Å². The number of nitrogens with zero attached hydrogens (tertiary/aromatic N) is 6. The van der Waals surface area contributed by atoms with Crippen LogP contribution >= 0.6 is 0 Å². The molecular formula is C26H24FN7O. The number of nitrogens with one attached hydrogen (secondary N) is 1. The minimum absolute atomic E-state index is 0.178. The van der Waals surface area contributed by atoms with Gasteiger partial charge in [-0.3, -0.25) is 4.98 Å². The Kier molecular flexibility index (Phi) is 5.17. The Hall–Kier alpha value is -4.27. The molecule has 0 radical (unpaired) electrons. The number of benzene rings is 1. The molecule has 176 valence electrons. The zero-order valence-corrected chi connectivity index (χ0v) is 19.4. The number of fused-ring (bicyclic) bond motifs is 1. The molecule has 1 aliphatic carbocycles. The lowest BCUT2D eigenvalue weighted by atomic mass is 9.93. The van der Waals surface area contributed by atoms with Crippen LogP contribution in [0.5, 0.6) is 5.75 Å². The second-order valence-electron chi connectivity index (χ2n) is 8.67. The lowest BCUT2D eigenvalue weighted by Crippen LogP contribution is -2.28. The van der Waals surface area contributed by atoms with Crippen LogP contribution in [0.15, 0.2) is 61.2 Å². The molecule has 1 N–H and O–H groups in total. The van der Waals surface area contributed by atoms with Crippen LogP contribution in [0, 0.1) is 5.82 Å². The maximum atomic E-state index is 15.5. The normalized spacial score (nSPS) is 13.7. The first-order valence-electron chi connectivity index (χ1n) is 11.6. The van der Waals surface area contributed by atoms with Gasteiger partial charge in [0.2, 0.25) is 5.82 Å². The Labute approximate surface area is 201 Å². The van der Waals surface area contributed by atoms with E-state index in [2.05, 4.69) is 15.3 Å². The van der Waals surface area contributed by atoms with Crippen molar-refractivity contribution in [3.05, 3.63) is 67.0 Å². The molecule has 0 saturated heterocycles. The molecule has 1 saturated carbocycles. The molecule has 0 bridgehead atoms. The van der Waals surface area contributed by atoms with Gasteiger partial charge in [0, 0.05) is 54.6 Å². The molecule has 0 spiro atoms. The summed E-state index contributed by atoms with van der Waals surface area (Å²) in [5.41, 5.74) is 3.26. The van der Waals surface area contributed by atoms with E-state index in [0.29, 0.717) is 40.3 Å². The minimum Gasteiger partial charge on any atom is -0.494 e. The van der Waals surface area contributed by atoms with E-state index in [1.165, 1.54) is 13.5 Å². The molecule has 35 heavy (non-hydrogen) atoms. The molecule has 1 fully saturated rings. The molecule has 0 unspecified atom stereocenters.